The lowest BCUT2D eigenvalue weighted by atomic mass is 10.1. The number of amides is 1. The maximum Gasteiger partial charge on any atom is 0.328 e. The van der Waals surface area contributed by atoms with Gasteiger partial charge in [0.2, 0.25) is 5.91 Å². The van der Waals surface area contributed by atoms with E-state index in [0.717, 1.165) is 11.1 Å². The zero-order chi connectivity index (χ0) is 15.1. The van der Waals surface area contributed by atoms with E-state index in [1.165, 1.54) is 0 Å². The number of rotatable bonds is 6. The van der Waals surface area contributed by atoms with Gasteiger partial charge in [0.15, 0.2) is 0 Å². The Morgan fingerprint density at radius 1 is 1.25 bits per heavy atom. The van der Waals surface area contributed by atoms with Crippen LogP contribution < -0.4 is 5.32 Å². The molecular weight excluding hydrogens is 254 g/mol. The second-order valence-electron chi connectivity index (χ2n) is 5.48. The summed E-state index contributed by atoms with van der Waals surface area (Å²) in [5.41, 5.74) is 2.05. The van der Waals surface area contributed by atoms with Crippen molar-refractivity contribution in [1.82, 2.24) is 5.32 Å². The molecule has 1 aromatic rings. The van der Waals surface area contributed by atoms with E-state index in [-0.39, 0.29) is 18.2 Å². The van der Waals surface area contributed by atoms with Crippen LogP contribution in [0.2, 0.25) is 0 Å². The Morgan fingerprint density at radius 3 is 2.55 bits per heavy atom. The number of ether oxygens (including phenoxy) is 1. The number of esters is 1. The fraction of sp³-hybridized carbons (Fsp3) is 0.500. The van der Waals surface area contributed by atoms with Crippen molar-refractivity contribution in [2.24, 2.45) is 5.92 Å². The van der Waals surface area contributed by atoms with Crippen molar-refractivity contribution < 1.29 is 14.3 Å². The first-order chi connectivity index (χ1) is 9.38. The summed E-state index contributed by atoms with van der Waals surface area (Å²) < 4.78 is 5.08. The molecule has 20 heavy (non-hydrogen) atoms. The minimum Gasteiger partial charge on any atom is -0.464 e. The molecule has 0 aliphatic carbocycles. The summed E-state index contributed by atoms with van der Waals surface area (Å²) in [6.07, 6.45) is 0.267. The van der Waals surface area contributed by atoms with Crippen LogP contribution >= 0.6 is 0 Å². The van der Waals surface area contributed by atoms with Crippen LogP contribution in [0.25, 0.3) is 0 Å². The van der Waals surface area contributed by atoms with Crippen molar-refractivity contribution in [3.63, 3.8) is 0 Å². The summed E-state index contributed by atoms with van der Waals surface area (Å²) in [6, 6.07) is 7.13. The average Bonchev–Trinajstić information content (AvgIpc) is 2.35. The van der Waals surface area contributed by atoms with Crippen LogP contribution in [0.15, 0.2) is 24.3 Å². The third-order valence-corrected chi connectivity index (χ3v) is 2.74. The van der Waals surface area contributed by atoms with Crippen LogP contribution in [0, 0.1) is 12.8 Å². The molecule has 0 heterocycles. The zero-order valence-corrected chi connectivity index (χ0v) is 12.6. The summed E-state index contributed by atoms with van der Waals surface area (Å²) in [4.78, 5) is 23.5. The van der Waals surface area contributed by atoms with Crippen LogP contribution in [0.5, 0.6) is 0 Å². The third kappa shape index (κ3) is 5.87. The van der Waals surface area contributed by atoms with E-state index in [4.69, 9.17) is 4.74 Å². The molecule has 4 heteroatoms. The summed E-state index contributed by atoms with van der Waals surface area (Å²) in [5, 5.41) is 2.66. The molecule has 0 saturated heterocycles. The number of hydrogen-bond donors (Lipinski definition) is 1. The lowest BCUT2D eigenvalue weighted by Crippen LogP contribution is -2.40. The molecule has 0 aliphatic heterocycles. The molecule has 0 unspecified atom stereocenters. The maximum absolute atomic E-state index is 11.9. The first kappa shape index (κ1) is 16.2. The van der Waals surface area contributed by atoms with Gasteiger partial charge in [-0.2, -0.15) is 0 Å². The van der Waals surface area contributed by atoms with E-state index < -0.39 is 12.0 Å². The van der Waals surface area contributed by atoms with Gasteiger partial charge >= 0.3 is 5.97 Å². The van der Waals surface area contributed by atoms with E-state index in [9.17, 15) is 9.59 Å². The molecule has 1 aromatic carbocycles. The van der Waals surface area contributed by atoms with Crippen LogP contribution in [0.4, 0.5) is 0 Å². The summed E-state index contributed by atoms with van der Waals surface area (Å²) in [7, 11) is 0. The van der Waals surface area contributed by atoms with Crippen LogP contribution in [0.1, 0.15) is 31.9 Å². The SMILES string of the molecule is Cc1cccc(CC(=O)N[C@@H](C)C(=O)OCC(C)C)c1. The number of benzene rings is 1. The lowest BCUT2D eigenvalue weighted by molar-refractivity contribution is -0.148. The van der Waals surface area contributed by atoms with Crippen LogP contribution in [-0.4, -0.2) is 24.5 Å². The van der Waals surface area contributed by atoms with E-state index in [1.807, 2.05) is 45.0 Å². The Hall–Kier alpha value is -1.84. The molecule has 110 valence electrons. The minimum absolute atomic E-state index is 0.176. The van der Waals surface area contributed by atoms with Gasteiger partial charge in [0.25, 0.3) is 0 Å². The Bertz CT molecular complexity index is 469. The molecule has 1 N–H and O–H groups in total. The Balaban J connectivity index is 2.43. The van der Waals surface area contributed by atoms with E-state index >= 15 is 0 Å². The molecule has 0 spiro atoms. The van der Waals surface area contributed by atoms with Crippen molar-refractivity contribution in [2.45, 2.75) is 40.2 Å². The Labute approximate surface area is 120 Å². The average molecular weight is 277 g/mol. The van der Waals surface area contributed by atoms with Gasteiger partial charge < -0.3 is 10.1 Å². The molecule has 0 radical (unpaired) electrons. The molecule has 4 nitrogen and oxygen atoms in total. The maximum atomic E-state index is 11.9. The van der Waals surface area contributed by atoms with Crippen molar-refractivity contribution in [3.05, 3.63) is 35.4 Å². The van der Waals surface area contributed by atoms with Crippen molar-refractivity contribution in [3.8, 4) is 0 Å². The van der Waals surface area contributed by atoms with Crippen LogP contribution in [0.3, 0.4) is 0 Å². The van der Waals surface area contributed by atoms with Crippen molar-refractivity contribution in [2.75, 3.05) is 6.61 Å². The summed E-state index contributed by atoms with van der Waals surface area (Å²) in [5.74, 6) is -0.282. The fourth-order valence-electron chi connectivity index (χ4n) is 1.73. The molecule has 1 amide bonds. The van der Waals surface area contributed by atoms with Gasteiger partial charge in [0.1, 0.15) is 6.04 Å². The monoisotopic (exact) mass is 277 g/mol. The van der Waals surface area contributed by atoms with E-state index in [0.29, 0.717) is 6.61 Å². The van der Waals surface area contributed by atoms with Gasteiger partial charge in [0, 0.05) is 0 Å². The highest BCUT2D eigenvalue weighted by Crippen LogP contribution is 2.05. The number of nitrogens with one attached hydrogen (secondary N) is 1. The lowest BCUT2D eigenvalue weighted by Gasteiger charge is -2.14. The first-order valence-corrected chi connectivity index (χ1v) is 6.90. The summed E-state index contributed by atoms with van der Waals surface area (Å²) >= 11 is 0. The van der Waals surface area contributed by atoms with Gasteiger partial charge in [0.05, 0.1) is 13.0 Å². The van der Waals surface area contributed by atoms with Crippen molar-refractivity contribution >= 4 is 11.9 Å². The predicted octanol–water partition coefficient (Wildman–Crippen LogP) is 2.24. The van der Waals surface area contributed by atoms with Gasteiger partial charge in [-0.1, -0.05) is 43.7 Å². The molecule has 1 atom stereocenters. The molecule has 0 fully saturated rings. The van der Waals surface area contributed by atoms with E-state index in [2.05, 4.69) is 5.32 Å². The van der Waals surface area contributed by atoms with Gasteiger partial charge in [-0.3, -0.25) is 4.79 Å². The molecular formula is C16H23NO3. The zero-order valence-electron chi connectivity index (χ0n) is 12.6. The highest BCUT2D eigenvalue weighted by Gasteiger charge is 2.17. The third-order valence-electron chi connectivity index (χ3n) is 2.74. The molecule has 0 bridgehead atoms. The molecule has 0 aromatic heterocycles. The second-order valence-corrected chi connectivity index (χ2v) is 5.48. The largest absolute Gasteiger partial charge is 0.464 e. The van der Waals surface area contributed by atoms with Crippen molar-refractivity contribution in [1.29, 1.82) is 0 Å². The number of hydrogen-bond acceptors (Lipinski definition) is 3. The molecule has 0 aliphatic rings. The van der Waals surface area contributed by atoms with Gasteiger partial charge in [-0.05, 0) is 25.3 Å². The van der Waals surface area contributed by atoms with Gasteiger partial charge in [-0.25, -0.2) is 4.79 Å². The number of carbonyl (C=O) groups excluding carboxylic acids is 2. The van der Waals surface area contributed by atoms with E-state index in [1.54, 1.807) is 6.92 Å². The predicted molar refractivity (Wildman–Crippen MR) is 78.3 cm³/mol. The highest BCUT2D eigenvalue weighted by molar-refractivity contribution is 5.85. The first-order valence-electron chi connectivity index (χ1n) is 6.90. The highest BCUT2D eigenvalue weighted by atomic mass is 16.5. The standard InChI is InChI=1S/C16H23NO3/c1-11(2)10-20-16(19)13(4)17-15(18)9-14-7-5-6-12(3)8-14/h5-8,11,13H,9-10H2,1-4H3,(H,17,18)/t13-/m0/s1. The quantitative estimate of drug-likeness (QED) is 0.811. The number of aryl methyl sites for hydroxylation is 1. The smallest absolute Gasteiger partial charge is 0.328 e. The van der Waals surface area contributed by atoms with Gasteiger partial charge in [-0.15, -0.1) is 0 Å². The fourth-order valence-corrected chi connectivity index (χ4v) is 1.73. The topological polar surface area (TPSA) is 55.4 Å². The summed E-state index contributed by atoms with van der Waals surface area (Å²) in [6.45, 7) is 7.92. The molecule has 1 rings (SSSR count). The molecule has 0 saturated carbocycles. The second kappa shape index (κ2) is 7.68. The van der Waals surface area contributed by atoms with Crippen LogP contribution in [-0.2, 0) is 20.7 Å². The normalized spacial score (nSPS) is 12.1. The Morgan fingerprint density at radius 2 is 1.95 bits per heavy atom. The Kier molecular flexibility index (Phi) is 6.22. The number of carbonyl (C=O) groups is 2. The minimum atomic E-state index is -0.619.